The summed E-state index contributed by atoms with van der Waals surface area (Å²) >= 11 is 0. The molecule has 10 rings (SSSR count). The number of phenols is 1. The van der Waals surface area contributed by atoms with Gasteiger partial charge >= 0.3 is 5.97 Å². The lowest BCUT2D eigenvalue weighted by atomic mass is 9.77. The Hall–Kier alpha value is -5.21. The van der Waals surface area contributed by atoms with Gasteiger partial charge in [0.05, 0.1) is 26.7 Å². The Morgan fingerprint density at radius 1 is 0.922 bits per heavy atom. The van der Waals surface area contributed by atoms with Crippen molar-refractivity contribution in [3.63, 3.8) is 0 Å². The van der Waals surface area contributed by atoms with Crippen molar-refractivity contribution in [2.45, 2.75) is 61.2 Å². The summed E-state index contributed by atoms with van der Waals surface area (Å²) in [5, 5.41) is 56.3. The van der Waals surface area contributed by atoms with Gasteiger partial charge in [-0.05, 0) is 58.5 Å². The van der Waals surface area contributed by atoms with Crippen LogP contribution in [-0.4, -0.2) is 88.6 Å². The van der Waals surface area contributed by atoms with Crippen LogP contribution in [0, 0.1) is 0 Å². The van der Waals surface area contributed by atoms with Gasteiger partial charge in [0.2, 0.25) is 5.75 Å². The van der Waals surface area contributed by atoms with Crippen LogP contribution in [0.25, 0.3) is 11.1 Å². The highest BCUT2D eigenvalue weighted by atomic mass is 16.7. The number of fused-ring (bicyclic) bond motifs is 2. The number of carboxylic acids is 1. The summed E-state index contributed by atoms with van der Waals surface area (Å²) in [4.78, 5) is 12.1. The molecule has 5 heterocycles. The zero-order valence-electron chi connectivity index (χ0n) is 27.5. The third-order valence-corrected chi connectivity index (χ3v) is 10.7. The van der Waals surface area contributed by atoms with Crippen LogP contribution in [0.2, 0.25) is 0 Å². The van der Waals surface area contributed by atoms with Crippen molar-refractivity contribution < 1.29 is 58.7 Å². The molecule has 0 saturated carbocycles. The second-order valence-corrected chi connectivity index (χ2v) is 13.6. The zero-order valence-corrected chi connectivity index (χ0v) is 27.5. The number of rotatable bonds is 3. The first kappa shape index (κ1) is 31.7. The molecule has 0 amide bonds. The number of anilines is 1. The van der Waals surface area contributed by atoms with Gasteiger partial charge < -0.3 is 59.3 Å². The summed E-state index contributed by atoms with van der Waals surface area (Å²) in [6, 6.07) is 19.0. The predicted molar refractivity (Wildman–Crippen MR) is 179 cm³/mol. The lowest BCUT2D eigenvalue weighted by Gasteiger charge is -2.49. The van der Waals surface area contributed by atoms with Crippen molar-refractivity contribution in [3.8, 4) is 45.6 Å². The van der Waals surface area contributed by atoms with Crippen LogP contribution >= 0.6 is 0 Å². The Labute approximate surface area is 291 Å². The maximum Gasteiger partial charge on any atom is 0.335 e. The number of carboxylic acid groups (broad SMARTS) is 1. The van der Waals surface area contributed by atoms with Crippen molar-refractivity contribution in [2.75, 3.05) is 26.1 Å². The maximum absolute atomic E-state index is 12.1. The molecule has 6 N–H and O–H groups in total. The number of ether oxygens (including phenoxy) is 6. The van der Waals surface area contributed by atoms with E-state index in [1.165, 1.54) is 0 Å². The SMILES string of the molecule is COc1ccc2c(c1OC)O[C@H]1c3c4cc5c(c3O[C@H](Cc3cccc(c3)Cc3ccc(O)cc3-4)[C@@H]21)NC[C@@]1(O5)O[C@H](C(=O)O)[C@@H](O)[C@H](O)[C@H]1O. The molecule has 1 fully saturated rings. The number of hydrogen-bond acceptors (Lipinski definition) is 12. The Bertz CT molecular complexity index is 2100. The number of carbonyl (C=O) groups is 1. The fourth-order valence-electron chi connectivity index (χ4n) is 8.34. The molecule has 4 aromatic carbocycles. The molecule has 0 unspecified atom stereocenters. The van der Waals surface area contributed by atoms with Crippen molar-refractivity contribution >= 4 is 11.7 Å². The fraction of sp³-hybridized carbons (Fsp3) is 0.342. The first-order valence-corrected chi connectivity index (χ1v) is 16.7. The van der Waals surface area contributed by atoms with Gasteiger partial charge in [0.1, 0.15) is 42.0 Å². The molecule has 4 aromatic rings. The van der Waals surface area contributed by atoms with Crippen LogP contribution in [0.1, 0.15) is 39.8 Å². The Balaban J connectivity index is 1.29. The molecule has 0 radical (unpaired) electrons. The molecule has 8 atom stereocenters. The average molecular weight is 698 g/mol. The predicted octanol–water partition coefficient (Wildman–Crippen LogP) is 3.27. The van der Waals surface area contributed by atoms with E-state index in [1.54, 1.807) is 32.4 Å². The summed E-state index contributed by atoms with van der Waals surface area (Å²) in [7, 11) is 3.12. The highest BCUT2D eigenvalue weighted by molar-refractivity contribution is 5.85. The number of aromatic hydroxyl groups is 1. The topological polar surface area (TPSA) is 186 Å². The van der Waals surface area contributed by atoms with Crippen LogP contribution in [0.15, 0.2) is 60.7 Å². The van der Waals surface area contributed by atoms with E-state index < -0.39 is 48.4 Å². The van der Waals surface area contributed by atoms with Gasteiger partial charge in [-0.2, -0.15) is 0 Å². The Morgan fingerprint density at radius 3 is 2.53 bits per heavy atom. The summed E-state index contributed by atoms with van der Waals surface area (Å²) < 4.78 is 37.5. The highest BCUT2D eigenvalue weighted by Crippen LogP contribution is 2.63. The van der Waals surface area contributed by atoms with Crippen LogP contribution in [-0.2, 0) is 22.4 Å². The van der Waals surface area contributed by atoms with Crippen LogP contribution < -0.4 is 29.0 Å². The number of hydrogen-bond donors (Lipinski definition) is 6. The lowest BCUT2D eigenvalue weighted by Crippen LogP contribution is -2.71. The molecule has 5 aliphatic heterocycles. The summed E-state index contributed by atoms with van der Waals surface area (Å²) in [6.45, 7) is -0.297. The van der Waals surface area contributed by atoms with E-state index >= 15 is 0 Å². The van der Waals surface area contributed by atoms with E-state index in [2.05, 4.69) is 23.5 Å². The third-order valence-electron chi connectivity index (χ3n) is 10.7. The average Bonchev–Trinajstić information content (AvgIpc) is 3.52. The molecular formula is C38H35NO12. The molecule has 51 heavy (non-hydrogen) atoms. The minimum absolute atomic E-state index is 0.0252. The maximum atomic E-state index is 12.1. The van der Waals surface area contributed by atoms with E-state index in [-0.39, 0.29) is 24.0 Å². The number of phenolic OH excluding ortho intramolecular Hbond substituents is 1. The number of nitrogens with one attached hydrogen (secondary N) is 1. The third kappa shape index (κ3) is 4.65. The van der Waals surface area contributed by atoms with E-state index in [1.807, 2.05) is 24.3 Å². The molecule has 0 aromatic heterocycles. The fourth-order valence-corrected chi connectivity index (χ4v) is 8.34. The van der Waals surface area contributed by atoms with Gasteiger partial charge in [0.15, 0.2) is 29.1 Å². The van der Waals surface area contributed by atoms with Gasteiger partial charge in [0.25, 0.3) is 5.79 Å². The van der Waals surface area contributed by atoms with Crippen molar-refractivity contribution in [1.82, 2.24) is 0 Å². The van der Waals surface area contributed by atoms with Gasteiger partial charge in [-0.1, -0.05) is 36.4 Å². The monoisotopic (exact) mass is 697 g/mol. The van der Waals surface area contributed by atoms with Gasteiger partial charge in [-0.25, -0.2) is 4.79 Å². The minimum Gasteiger partial charge on any atom is -0.508 e. The van der Waals surface area contributed by atoms with Crippen LogP contribution in [0.5, 0.6) is 34.5 Å². The first-order valence-electron chi connectivity index (χ1n) is 16.7. The quantitative estimate of drug-likeness (QED) is 0.184. The second kappa shape index (κ2) is 11.4. The molecule has 13 heteroatoms. The molecule has 6 aliphatic rings. The van der Waals surface area contributed by atoms with Gasteiger partial charge in [-0.3, -0.25) is 0 Å². The standard InChI is InChI=1S/C38H35NO12/c1-46-23-9-8-20-26-24-12-17-5-3-4-16(10-17)11-18-6-7-19(40)13-21(18)22-14-25-28(34(48-24)27(22)33(26)49-31(20)32(23)47-2)39-15-38(50-25)36(43)30(42)29(41)35(51-38)37(44)45/h3-10,13-14,24,26,29-30,33,35-36,39-43H,11-12,15H2,1-2H3,(H,44,45)/t24-,26-,29+,30+,33-,35+,36-,38-/m1/s1. The second-order valence-electron chi connectivity index (χ2n) is 13.6. The number of aliphatic hydroxyl groups is 3. The molecule has 1 spiro atoms. The Morgan fingerprint density at radius 2 is 1.75 bits per heavy atom. The van der Waals surface area contributed by atoms with E-state index in [4.69, 9.17) is 28.4 Å². The highest BCUT2D eigenvalue weighted by Gasteiger charge is 2.60. The molecule has 1 saturated heterocycles. The minimum atomic E-state index is -2.09. The smallest absolute Gasteiger partial charge is 0.335 e. The molecule has 264 valence electrons. The largest absolute Gasteiger partial charge is 0.508 e. The van der Waals surface area contributed by atoms with Gasteiger partial charge in [0, 0.05) is 17.5 Å². The van der Waals surface area contributed by atoms with Crippen LogP contribution in [0.4, 0.5) is 5.69 Å². The van der Waals surface area contributed by atoms with E-state index in [0.717, 1.165) is 22.3 Å². The van der Waals surface area contributed by atoms with Gasteiger partial charge in [-0.15, -0.1) is 0 Å². The molecular weight excluding hydrogens is 662 g/mol. The number of methoxy groups -OCH3 is 2. The normalized spacial score (nSPS) is 29.3. The number of aliphatic carboxylic acids is 1. The summed E-state index contributed by atoms with van der Waals surface area (Å²) in [6.07, 6.45) is -7.50. The summed E-state index contributed by atoms with van der Waals surface area (Å²) in [5.74, 6) is -1.86. The Kier molecular flexibility index (Phi) is 7.10. The lowest BCUT2D eigenvalue weighted by molar-refractivity contribution is -0.325. The van der Waals surface area contributed by atoms with Crippen molar-refractivity contribution in [1.29, 1.82) is 0 Å². The molecule has 1 aliphatic carbocycles. The van der Waals surface area contributed by atoms with Crippen molar-refractivity contribution in [2.24, 2.45) is 0 Å². The number of benzene rings is 4. The van der Waals surface area contributed by atoms with E-state index in [0.29, 0.717) is 58.2 Å². The number of aliphatic hydroxyl groups excluding tert-OH is 3. The molecule has 13 nitrogen and oxygen atoms in total. The van der Waals surface area contributed by atoms with Crippen LogP contribution in [0.3, 0.4) is 0 Å². The molecule has 6 bridgehead atoms. The summed E-state index contributed by atoms with van der Waals surface area (Å²) in [5.41, 5.74) is 6.23. The van der Waals surface area contributed by atoms with Crippen molar-refractivity contribution in [3.05, 3.63) is 88.5 Å². The first-order chi connectivity index (χ1) is 24.6. The van der Waals surface area contributed by atoms with E-state index in [9.17, 15) is 30.3 Å². The zero-order chi connectivity index (χ0) is 35.3.